The van der Waals surface area contributed by atoms with Gasteiger partial charge in [-0.05, 0) is 81.0 Å². The van der Waals surface area contributed by atoms with Crippen molar-refractivity contribution in [1.29, 1.82) is 0 Å². The van der Waals surface area contributed by atoms with Gasteiger partial charge >= 0.3 is 0 Å². The number of rotatable bonds is 4. The third-order valence-electron chi connectivity index (χ3n) is 7.10. The molecule has 0 aliphatic carbocycles. The van der Waals surface area contributed by atoms with E-state index in [1.807, 2.05) is 60.8 Å². The van der Waals surface area contributed by atoms with Crippen molar-refractivity contribution in [2.45, 2.75) is 32.9 Å². The first-order valence-electron chi connectivity index (χ1n) is 11.8. The summed E-state index contributed by atoms with van der Waals surface area (Å²) in [7, 11) is 0. The van der Waals surface area contributed by atoms with Gasteiger partial charge < -0.3 is 24.3 Å². The molecule has 1 N–H and O–H groups in total. The van der Waals surface area contributed by atoms with Gasteiger partial charge in [-0.15, -0.1) is 0 Å². The molecule has 0 amide bonds. The van der Waals surface area contributed by atoms with Gasteiger partial charge in [-0.3, -0.25) is 4.98 Å². The normalized spacial score (nSPS) is 18.6. The lowest BCUT2D eigenvalue weighted by molar-refractivity contribution is 0.174. The van der Waals surface area contributed by atoms with Crippen LogP contribution in [0.25, 0.3) is 5.69 Å². The zero-order valence-electron chi connectivity index (χ0n) is 20.2. The fourth-order valence-corrected chi connectivity index (χ4v) is 5.94. The summed E-state index contributed by atoms with van der Waals surface area (Å²) in [5, 5.41) is 4.90. The molecule has 0 unspecified atom stereocenters. The largest absolute Gasteiger partial charge is 0.454 e. The first-order chi connectivity index (χ1) is 17.4. The van der Waals surface area contributed by atoms with Gasteiger partial charge in [-0.1, -0.05) is 23.7 Å². The van der Waals surface area contributed by atoms with E-state index in [4.69, 9.17) is 38.3 Å². The predicted molar refractivity (Wildman–Crippen MR) is 145 cm³/mol. The first-order valence-corrected chi connectivity index (χ1v) is 12.6. The fourth-order valence-electron chi connectivity index (χ4n) is 5.41. The van der Waals surface area contributed by atoms with Gasteiger partial charge in [0.05, 0.1) is 17.8 Å². The van der Waals surface area contributed by atoms with E-state index in [1.165, 1.54) is 11.1 Å². The minimum Gasteiger partial charge on any atom is -0.454 e. The average molecular weight is 517 g/mol. The molecule has 4 aromatic rings. The lowest BCUT2D eigenvalue weighted by atomic mass is 9.93. The molecule has 0 bridgehead atoms. The summed E-state index contributed by atoms with van der Waals surface area (Å²) in [5.74, 6) is 1.46. The number of aromatic nitrogens is 2. The summed E-state index contributed by atoms with van der Waals surface area (Å²) in [5.41, 5.74) is 7.60. The maximum atomic E-state index is 6.37. The molecule has 8 heteroatoms. The molecular weight excluding hydrogens is 492 g/mol. The van der Waals surface area contributed by atoms with Crippen LogP contribution < -0.4 is 19.7 Å². The van der Waals surface area contributed by atoms with E-state index in [-0.39, 0.29) is 18.9 Å². The highest BCUT2D eigenvalue weighted by molar-refractivity contribution is 7.80. The Balaban J connectivity index is 1.55. The highest BCUT2D eigenvalue weighted by atomic mass is 35.5. The second kappa shape index (κ2) is 8.84. The van der Waals surface area contributed by atoms with Crippen LogP contribution >= 0.6 is 23.8 Å². The lowest BCUT2D eigenvalue weighted by Crippen LogP contribution is -2.29. The number of ether oxygens (including phenoxy) is 2. The molecule has 2 aliphatic heterocycles. The number of halogens is 1. The number of anilines is 1. The molecule has 2 atom stereocenters. The molecule has 36 heavy (non-hydrogen) atoms. The zero-order valence-corrected chi connectivity index (χ0v) is 21.7. The standard InChI is InChI=1S/C28H25ClN4O2S/c1-16-17(2)32(20-8-6-7-19(29)13-20)18(3)25(16)27-26(22-9-4-5-12-30-22)31-28(36)33(27)21-10-11-23-24(14-21)35-15-34-23/h4-14,26-27H,15H2,1-3H3,(H,31,36)/t26-,27+/m1/s1. The van der Waals surface area contributed by atoms with Crippen LogP contribution in [0.1, 0.15) is 40.3 Å². The van der Waals surface area contributed by atoms with Crippen molar-refractivity contribution in [3.8, 4) is 17.2 Å². The summed E-state index contributed by atoms with van der Waals surface area (Å²) in [6, 6.07) is 19.6. The molecule has 182 valence electrons. The number of hydrogen-bond donors (Lipinski definition) is 1. The van der Waals surface area contributed by atoms with Crippen LogP contribution in [0.15, 0.2) is 66.9 Å². The molecule has 6 rings (SSSR count). The van der Waals surface area contributed by atoms with Crippen molar-refractivity contribution in [2.24, 2.45) is 0 Å². The van der Waals surface area contributed by atoms with Crippen molar-refractivity contribution in [2.75, 3.05) is 11.7 Å². The van der Waals surface area contributed by atoms with Gasteiger partial charge in [0.2, 0.25) is 6.79 Å². The Morgan fingerprint density at radius 2 is 1.78 bits per heavy atom. The summed E-state index contributed by atoms with van der Waals surface area (Å²) < 4.78 is 13.5. The molecule has 0 spiro atoms. The molecule has 2 aromatic carbocycles. The van der Waals surface area contributed by atoms with Crippen LogP contribution in [0.4, 0.5) is 5.69 Å². The fraction of sp³-hybridized carbons (Fsp3) is 0.214. The molecule has 2 aliphatic rings. The van der Waals surface area contributed by atoms with Crippen molar-refractivity contribution < 1.29 is 9.47 Å². The van der Waals surface area contributed by atoms with Gasteiger partial charge in [0, 0.05) is 45.6 Å². The Hall–Kier alpha value is -3.55. The summed E-state index contributed by atoms with van der Waals surface area (Å²) in [6.07, 6.45) is 1.82. The van der Waals surface area contributed by atoms with E-state index in [0.29, 0.717) is 10.1 Å². The Bertz CT molecular complexity index is 1490. The van der Waals surface area contributed by atoms with Crippen molar-refractivity contribution in [1.82, 2.24) is 14.9 Å². The number of fused-ring (bicyclic) bond motifs is 1. The van der Waals surface area contributed by atoms with Gasteiger partial charge in [-0.2, -0.15) is 0 Å². The second-order valence-corrected chi connectivity index (χ2v) is 9.88. The third-order valence-corrected chi connectivity index (χ3v) is 7.65. The Labute approximate surface area is 220 Å². The zero-order chi connectivity index (χ0) is 25.0. The Kier molecular flexibility index (Phi) is 5.62. The monoisotopic (exact) mass is 516 g/mol. The minimum atomic E-state index is -0.142. The highest BCUT2D eigenvalue weighted by Crippen LogP contribution is 2.47. The number of nitrogens with zero attached hydrogens (tertiary/aromatic N) is 3. The SMILES string of the molecule is Cc1c([C@H]2[C@@H](c3ccccn3)NC(=S)N2c2ccc3c(c2)OCO3)c(C)n(-c2cccc(Cl)c2)c1C. The number of hydrogen-bond acceptors (Lipinski definition) is 4. The van der Waals surface area contributed by atoms with Gasteiger partial charge in [0.25, 0.3) is 0 Å². The molecule has 1 fully saturated rings. The molecule has 1 saturated heterocycles. The van der Waals surface area contributed by atoms with E-state index >= 15 is 0 Å². The summed E-state index contributed by atoms with van der Waals surface area (Å²) in [6.45, 7) is 6.70. The van der Waals surface area contributed by atoms with Crippen molar-refractivity contribution in [3.63, 3.8) is 0 Å². The average Bonchev–Trinajstić information content (AvgIpc) is 3.54. The van der Waals surface area contributed by atoms with Crippen molar-refractivity contribution in [3.05, 3.63) is 100 Å². The van der Waals surface area contributed by atoms with Crippen LogP contribution in [0.5, 0.6) is 11.5 Å². The number of benzene rings is 2. The summed E-state index contributed by atoms with van der Waals surface area (Å²) >= 11 is 12.3. The van der Waals surface area contributed by atoms with Crippen LogP contribution in [-0.4, -0.2) is 21.5 Å². The number of nitrogens with one attached hydrogen (secondary N) is 1. The van der Waals surface area contributed by atoms with Crippen molar-refractivity contribution >= 4 is 34.6 Å². The summed E-state index contributed by atoms with van der Waals surface area (Å²) in [4.78, 5) is 6.87. The first kappa shape index (κ1) is 22.9. The second-order valence-electron chi connectivity index (χ2n) is 9.06. The van der Waals surface area contributed by atoms with Crippen LogP contribution in [0.2, 0.25) is 5.02 Å². The minimum absolute atomic E-state index is 0.132. The molecule has 0 saturated carbocycles. The van der Waals surface area contributed by atoms with E-state index in [1.54, 1.807) is 0 Å². The maximum Gasteiger partial charge on any atom is 0.231 e. The lowest BCUT2D eigenvalue weighted by Gasteiger charge is -2.29. The molecular formula is C28H25ClN4O2S. The van der Waals surface area contributed by atoms with Crippen LogP contribution in [-0.2, 0) is 0 Å². The third kappa shape index (κ3) is 3.62. The number of thiocarbonyl (C=S) groups is 1. The Morgan fingerprint density at radius 3 is 2.56 bits per heavy atom. The topological polar surface area (TPSA) is 51.6 Å². The quantitative estimate of drug-likeness (QED) is 0.319. The van der Waals surface area contributed by atoms with E-state index in [9.17, 15) is 0 Å². The molecule has 2 aromatic heterocycles. The number of pyridine rings is 1. The smallest absolute Gasteiger partial charge is 0.231 e. The van der Waals surface area contributed by atoms with Gasteiger partial charge in [-0.25, -0.2) is 0 Å². The molecule has 4 heterocycles. The van der Waals surface area contributed by atoms with Gasteiger partial charge in [0.1, 0.15) is 0 Å². The highest BCUT2D eigenvalue weighted by Gasteiger charge is 2.43. The van der Waals surface area contributed by atoms with Gasteiger partial charge in [0.15, 0.2) is 16.6 Å². The van der Waals surface area contributed by atoms with Crippen LogP contribution in [0.3, 0.4) is 0 Å². The van der Waals surface area contributed by atoms with Crippen LogP contribution in [0, 0.1) is 20.8 Å². The Morgan fingerprint density at radius 1 is 0.944 bits per heavy atom. The van der Waals surface area contributed by atoms with E-state index in [2.05, 4.69) is 41.6 Å². The van der Waals surface area contributed by atoms with E-state index < -0.39 is 0 Å². The molecule has 0 radical (unpaired) electrons. The molecule has 6 nitrogen and oxygen atoms in total. The predicted octanol–water partition coefficient (Wildman–Crippen LogP) is 6.36. The van der Waals surface area contributed by atoms with E-state index in [0.717, 1.165) is 40.0 Å². The maximum absolute atomic E-state index is 6.37.